The average molecular weight is 466 g/mol. The first-order chi connectivity index (χ1) is 16.2. The first-order valence-electron chi connectivity index (χ1n) is 11.5. The molecule has 1 aliphatic rings. The molecule has 4 rings (SSSR count). The minimum absolute atomic E-state index is 0.0995. The van der Waals surface area contributed by atoms with Crippen LogP contribution in [0.25, 0.3) is 10.8 Å². The maximum absolute atomic E-state index is 13.2. The zero-order valence-corrected chi connectivity index (χ0v) is 19.8. The maximum atomic E-state index is 13.2. The molecule has 0 bridgehead atoms. The molecular formula is C26H31N3O3S. The number of likely N-dealkylation sites (tertiary alicyclic amines) is 1. The minimum Gasteiger partial charge on any atom is -0.450 e. The summed E-state index contributed by atoms with van der Waals surface area (Å²) in [7, 11) is -1.33. The molecule has 1 amide bonds. The van der Waals surface area contributed by atoms with Gasteiger partial charge in [-0.15, -0.1) is 0 Å². The number of hydrogen-bond acceptors (Lipinski definition) is 4. The average Bonchev–Trinajstić information content (AvgIpc) is 2.85. The van der Waals surface area contributed by atoms with Gasteiger partial charge in [-0.2, -0.15) is 0 Å². The molecule has 1 saturated heterocycles. The van der Waals surface area contributed by atoms with Gasteiger partial charge in [0.2, 0.25) is 0 Å². The van der Waals surface area contributed by atoms with Gasteiger partial charge in [0.15, 0.2) is 0 Å². The van der Waals surface area contributed by atoms with Crippen molar-refractivity contribution in [3.63, 3.8) is 0 Å². The van der Waals surface area contributed by atoms with Crippen molar-refractivity contribution in [2.45, 2.75) is 43.8 Å². The fraction of sp³-hybridized carbons (Fsp3) is 0.346. The highest BCUT2D eigenvalue weighted by molar-refractivity contribution is 7.83. The van der Waals surface area contributed by atoms with E-state index in [2.05, 4.69) is 34.3 Å². The molecule has 174 valence electrons. The summed E-state index contributed by atoms with van der Waals surface area (Å²) in [6.45, 7) is 4.95. The van der Waals surface area contributed by atoms with Crippen LogP contribution in [0, 0.1) is 0 Å². The second-order valence-corrected chi connectivity index (χ2v) is 9.42. The SMILES string of the molecule is CCOC(=O)N1CCC(NS(=O)c2ccc(CNCc3ccccc3)c3ccccc23)CC1. The molecule has 0 saturated carbocycles. The minimum atomic E-state index is -1.33. The van der Waals surface area contributed by atoms with E-state index in [1.807, 2.05) is 49.4 Å². The zero-order valence-electron chi connectivity index (χ0n) is 19.0. The summed E-state index contributed by atoms with van der Waals surface area (Å²) in [5, 5.41) is 5.63. The molecule has 7 heteroatoms. The van der Waals surface area contributed by atoms with E-state index in [0.717, 1.165) is 41.6 Å². The first-order valence-corrected chi connectivity index (χ1v) is 12.7. The monoisotopic (exact) mass is 465 g/mol. The second-order valence-electron chi connectivity index (χ2n) is 8.20. The Morgan fingerprint density at radius 2 is 1.67 bits per heavy atom. The van der Waals surface area contributed by atoms with Crippen molar-refractivity contribution in [3.8, 4) is 0 Å². The largest absolute Gasteiger partial charge is 0.450 e. The van der Waals surface area contributed by atoms with Crippen LogP contribution >= 0.6 is 0 Å². The first kappa shape index (κ1) is 23.4. The molecule has 0 radical (unpaired) electrons. The number of carbonyl (C=O) groups excluding carboxylic acids is 1. The van der Waals surface area contributed by atoms with Gasteiger partial charge in [0.05, 0.1) is 11.5 Å². The molecule has 1 unspecified atom stereocenters. The number of hydrogen-bond donors (Lipinski definition) is 2. The van der Waals surface area contributed by atoms with Crippen LogP contribution < -0.4 is 10.0 Å². The third-order valence-electron chi connectivity index (χ3n) is 5.96. The van der Waals surface area contributed by atoms with E-state index in [4.69, 9.17) is 4.74 Å². The number of fused-ring (bicyclic) bond motifs is 1. The van der Waals surface area contributed by atoms with Crippen LogP contribution in [0.5, 0.6) is 0 Å². The molecule has 0 aromatic heterocycles. The fourth-order valence-electron chi connectivity index (χ4n) is 4.20. The number of piperidine rings is 1. The van der Waals surface area contributed by atoms with Gasteiger partial charge in [-0.25, -0.2) is 13.7 Å². The molecule has 6 nitrogen and oxygen atoms in total. The lowest BCUT2D eigenvalue weighted by Crippen LogP contribution is -2.45. The topological polar surface area (TPSA) is 70.7 Å². The van der Waals surface area contributed by atoms with E-state index in [9.17, 15) is 9.00 Å². The van der Waals surface area contributed by atoms with Gasteiger partial charge in [0.1, 0.15) is 11.0 Å². The van der Waals surface area contributed by atoms with Crippen LogP contribution in [0.15, 0.2) is 71.6 Å². The Labute approximate surface area is 197 Å². The van der Waals surface area contributed by atoms with Crippen molar-refractivity contribution in [1.82, 2.24) is 14.9 Å². The van der Waals surface area contributed by atoms with Crippen LogP contribution in [0.4, 0.5) is 4.79 Å². The molecule has 1 fully saturated rings. The Kier molecular flexibility index (Phi) is 8.10. The summed E-state index contributed by atoms with van der Waals surface area (Å²) in [6, 6.07) is 22.6. The lowest BCUT2D eigenvalue weighted by molar-refractivity contribution is 0.0966. The van der Waals surface area contributed by atoms with Gasteiger partial charge in [0, 0.05) is 32.2 Å². The molecular weight excluding hydrogens is 434 g/mol. The van der Waals surface area contributed by atoms with Crippen molar-refractivity contribution < 1.29 is 13.7 Å². The molecule has 3 aromatic carbocycles. The number of amides is 1. The molecule has 33 heavy (non-hydrogen) atoms. The van der Waals surface area contributed by atoms with Crippen LogP contribution in [-0.2, 0) is 28.8 Å². The number of carbonyl (C=O) groups is 1. The Balaban J connectivity index is 1.40. The predicted molar refractivity (Wildman–Crippen MR) is 132 cm³/mol. The lowest BCUT2D eigenvalue weighted by atomic mass is 10.0. The van der Waals surface area contributed by atoms with Crippen molar-refractivity contribution in [2.24, 2.45) is 0 Å². The van der Waals surface area contributed by atoms with E-state index in [1.165, 1.54) is 11.1 Å². The number of nitrogens with one attached hydrogen (secondary N) is 2. The Morgan fingerprint density at radius 1 is 0.970 bits per heavy atom. The quantitative estimate of drug-likeness (QED) is 0.519. The fourth-order valence-corrected chi connectivity index (χ4v) is 5.43. The summed E-state index contributed by atoms with van der Waals surface area (Å²) in [5.74, 6) is 0. The van der Waals surface area contributed by atoms with Gasteiger partial charge in [0.25, 0.3) is 0 Å². The second kappa shape index (κ2) is 11.4. The van der Waals surface area contributed by atoms with Crippen molar-refractivity contribution in [3.05, 3.63) is 77.9 Å². The molecule has 1 heterocycles. The number of benzene rings is 3. The standard InChI is InChI=1S/C26H31N3O3S/c1-2-32-26(30)29-16-14-22(15-17-29)28-33(31)25-13-12-21(23-10-6-7-11-24(23)25)19-27-18-20-8-4-3-5-9-20/h3-13,22,27-28H,2,14-19H2,1H3. The highest BCUT2D eigenvalue weighted by Gasteiger charge is 2.25. The Bertz CT molecular complexity index is 1100. The van der Waals surface area contributed by atoms with E-state index in [-0.39, 0.29) is 12.1 Å². The van der Waals surface area contributed by atoms with E-state index in [0.29, 0.717) is 19.7 Å². The van der Waals surface area contributed by atoms with Crippen molar-refractivity contribution >= 4 is 27.9 Å². The van der Waals surface area contributed by atoms with E-state index >= 15 is 0 Å². The Hall–Kier alpha value is -2.74. The summed E-state index contributed by atoms with van der Waals surface area (Å²) >= 11 is 0. The van der Waals surface area contributed by atoms with Gasteiger partial charge in [-0.05, 0) is 47.7 Å². The molecule has 2 N–H and O–H groups in total. The Morgan fingerprint density at radius 3 is 2.39 bits per heavy atom. The van der Waals surface area contributed by atoms with Crippen LogP contribution in [-0.4, -0.2) is 40.9 Å². The van der Waals surface area contributed by atoms with Crippen LogP contribution in [0.3, 0.4) is 0 Å². The molecule has 0 aliphatic carbocycles. The van der Waals surface area contributed by atoms with Gasteiger partial charge >= 0.3 is 6.09 Å². The number of nitrogens with zero attached hydrogens (tertiary/aromatic N) is 1. The molecule has 0 spiro atoms. The normalized spacial score (nSPS) is 15.5. The van der Waals surface area contributed by atoms with E-state index in [1.54, 1.807) is 4.90 Å². The van der Waals surface area contributed by atoms with Gasteiger partial charge in [-0.1, -0.05) is 60.7 Å². The summed E-state index contributed by atoms with van der Waals surface area (Å²) in [5.41, 5.74) is 2.43. The highest BCUT2D eigenvalue weighted by Crippen LogP contribution is 2.26. The summed E-state index contributed by atoms with van der Waals surface area (Å²) in [6.07, 6.45) is 1.24. The van der Waals surface area contributed by atoms with Crippen molar-refractivity contribution in [1.29, 1.82) is 0 Å². The summed E-state index contributed by atoms with van der Waals surface area (Å²) < 4.78 is 21.6. The number of rotatable bonds is 8. The van der Waals surface area contributed by atoms with Gasteiger partial charge < -0.3 is 15.0 Å². The summed E-state index contributed by atoms with van der Waals surface area (Å²) in [4.78, 5) is 14.4. The van der Waals surface area contributed by atoms with Crippen LogP contribution in [0.1, 0.15) is 30.9 Å². The number of ether oxygens (including phenoxy) is 1. The van der Waals surface area contributed by atoms with Gasteiger partial charge in [-0.3, -0.25) is 0 Å². The highest BCUT2D eigenvalue weighted by atomic mass is 32.2. The third-order valence-corrected chi connectivity index (χ3v) is 7.26. The molecule has 3 aromatic rings. The predicted octanol–water partition coefficient (Wildman–Crippen LogP) is 4.36. The molecule has 1 aliphatic heterocycles. The van der Waals surface area contributed by atoms with Crippen LogP contribution in [0.2, 0.25) is 0 Å². The third kappa shape index (κ3) is 5.99. The van der Waals surface area contributed by atoms with E-state index < -0.39 is 11.0 Å². The lowest BCUT2D eigenvalue weighted by Gasteiger charge is -2.31. The zero-order chi connectivity index (χ0) is 23.0. The molecule has 1 atom stereocenters. The maximum Gasteiger partial charge on any atom is 0.409 e. The smallest absolute Gasteiger partial charge is 0.409 e. The van der Waals surface area contributed by atoms with Crippen molar-refractivity contribution in [2.75, 3.05) is 19.7 Å².